The van der Waals surface area contributed by atoms with E-state index in [1.165, 1.54) is 28.1 Å². The minimum atomic E-state index is -2.35. The monoisotopic (exact) mass is 973 g/mol. The molecule has 10 rings (SSSR count). The summed E-state index contributed by atoms with van der Waals surface area (Å²) in [5.74, 6) is -0.978. The predicted octanol–water partition coefficient (Wildman–Crippen LogP) is 14.4. The zero-order chi connectivity index (χ0) is 44.2. The summed E-state index contributed by atoms with van der Waals surface area (Å²) in [6.07, 6.45) is 6.53. The van der Waals surface area contributed by atoms with Crippen LogP contribution >= 0.6 is 0 Å². The van der Waals surface area contributed by atoms with Crippen molar-refractivity contribution in [3.05, 3.63) is 138 Å². The third kappa shape index (κ3) is 7.01. The molecule has 2 aliphatic carbocycles. The average Bonchev–Trinajstić information content (AvgIpc) is 3.63. The van der Waals surface area contributed by atoms with Crippen LogP contribution in [-0.4, -0.2) is 18.0 Å². The topological polar surface area (TPSA) is 38.9 Å². The number of rotatable bonds is 3. The number of pyridine rings is 2. The van der Waals surface area contributed by atoms with E-state index in [9.17, 15) is 1.37 Å². The van der Waals surface area contributed by atoms with Crippen LogP contribution in [0.2, 0.25) is 19.6 Å². The van der Waals surface area contributed by atoms with Crippen molar-refractivity contribution in [3.8, 4) is 22.5 Å². The molecule has 0 spiro atoms. The van der Waals surface area contributed by atoms with Gasteiger partial charge in [0.25, 0.3) is 0 Å². The third-order valence-electron chi connectivity index (χ3n) is 13.8. The number of hydrogen-bond acceptors (Lipinski definition) is 3. The number of furan rings is 1. The Labute approximate surface area is 371 Å². The number of aryl methyl sites for hydroxylation is 1. The first-order valence-corrected chi connectivity index (χ1v) is 24.3. The van der Waals surface area contributed by atoms with Crippen LogP contribution in [0.4, 0.5) is 0 Å². The van der Waals surface area contributed by atoms with Crippen molar-refractivity contribution in [2.75, 3.05) is 0 Å². The van der Waals surface area contributed by atoms with E-state index in [1.54, 1.807) is 0 Å². The number of aromatic nitrogens is 2. The molecule has 59 heavy (non-hydrogen) atoms. The first-order chi connectivity index (χ1) is 29.1. The van der Waals surface area contributed by atoms with Gasteiger partial charge in [0.05, 0.1) is 13.7 Å². The molecule has 1 radical (unpaired) electrons. The van der Waals surface area contributed by atoms with Gasteiger partial charge in [-0.3, -0.25) is 0 Å². The van der Waals surface area contributed by atoms with Gasteiger partial charge >= 0.3 is 0 Å². The Bertz CT molecular complexity index is 3060. The summed E-state index contributed by atoms with van der Waals surface area (Å²) in [5, 5.41) is 7.87. The summed E-state index contributed by atoms with van der Waals surface area (Å²) in [6.45, 7) is 18.7. The van der Waals surface area contributed by atoms with Gasteiger partial charge in [-0.05, 0) is 98.5 Å². The van der Waals surface area contributed by atoms with E-state index in [2.05, 4.69) is 139 Å². The van der Waals surface area contributed by atoms with Gasteiger partial charge in [0, 0.05) is 48.8 Å². The fourth-order valence-electron chi connectivity index (χ4n) is 9.24. The quantitative estimate of drug-likeness (QED) is 0.101. The summed E-state index contributed by atoms with van der Waals surface area (Å²) in [7, 11) is -1.37. The maximum Gasteiger partial charge on any atom is 0.129 e. The molecule has 0 atom stereocenters. The normalized spacial score (nSPS) is 18.7. The van der Waals surface area contributed by atoms with Crippen LogP contribution in [0.15, 0.2) is 108 Å². The van der Waals surface area contributed by atoms with Crippen LogP contribution < -0.4 is 5.19 Å². The van der Waals surface area contributed by atoms with Gasteiger partial charge in [-0.1, -0.05) is 138 Å². The van der Waals surface area contributed by atoms with Crippen molar-refractivity contribution in [3.63, 3.8) is 0 Å². The van der Waals surface area contributed by atoms with Crippen molar-refractivity contribution < 1.29 is 30.0 Å². The Balaban J connectivity index is 0.000000201. The van der Waals surface area contributed by atoms with Crippen LogP contribution in [0.3, 0.4) is 0 Å². The SMILES string of the molecule is CC1(C)c2ccc[c-]c2-c2ncc([Si](C)(C)C)cc2C1(C)C.[2H]C([2H])([2H])c1cnc(-c2[c-]ccc3c2oc2c3ccc3ccc4ccccc4c32)cc1C1([2H])CCC(C)(C)CC1.[Ir]. The van der Waals surface area contributed by atoms with Crippen molar-refractivity contribution in [1.82, 2.24) is 9.97 Å². The molecule has 3 aromatic heterocycles. The summed E-state index contributed by atoms with van der Waals surface area (Å²) in [4.78, 5) is 9.52. The van der Waals surface area contributed by atoms with E-state index in [1.807, 2.05) is 36.4 Å². The van der Waals surface area contributed by atoms with Crippen LogP contribution in [0.1, 0.15) is 101 Å². The van der Waals surface area contributed by atoms with Gasteiger partial charge in [-0.15, -0.1) is 53.6 Å². The van der Waals surface area contributed by atoms with E-state index < -0.39 is 20.8 Å². The predicted molar refractivity (Wildman–Crippen MR) is 248 cm³/mol. The summed E-state index contributed by atoms with van der Waals surface area (Å²) in [5.41, 5.74) is 8.78. The first-order valence-electron chi connectivity index (χ1n) is 22.8. The molecule has 0 bridgehead atoms. The van der Waals surface area contributed by atoms with E-state index in [4.69, 9.17) is 13.5 Å². The van der Waals surface area contributed by atoms with Crippen LogP contribution in [0.5, 0.6) is 0 Å². The van der Waals surface area contributed by atoms with Gasteiger partial charge in [0.15, 0.2) is 0 Å². The molecule has 0 amide bonds. The molecule has 0 N–H and O–H groups in total. The molecule has 3 nitrogen and oxygen atoms in total. The maximum absolute atomic E-state index is 9.42. The Morgan fingerprint density at radius 1 is 0.712 bits per heavy atom. The fraction of sp³-hybridized carbons (Fsp3) is 0.333. The smallest absolute Gasteiger partial charge is 0.129 e. The number of fused-ring (bicyclic) bond motifs is 10. The minimum absolute atomic E-state index is 0. The zero-order valence-corrected chi connectivity index (χ0v) is 39.2. The molecule has 5 aromatic carbocycles. The van der Waals surface area contributed by atoms with E-state index in [0.717, 1.165) is 56.4 Å². The van der Waals surface area contributed by atoms with E-state index >= 15 is 0 Å². The van der Waals surface area contributed by atoms with Crippen molar-refractivity contribution in [2.45, 2.75) is 110 Å². The molecule has 1 fully saturated rings. The first kappa shape index (κ1) is 36.4. The molecule has 303 valence electrons. The Morgan fingerprint density at radius 2 is 1.41 bits per heavy atom. The van der Waals surface area contributed by atoms with Gasteiger partial charge in [0.1, 0.15) is 5.58 Å². The summed E-state index contributed by atoms with van der Waals surface area (Å²) < 4.78 is 40.7. The molecule has 8 aromatic rings. The second-order valence-corrected chi connectivity index (χ2v) is 24.6. The molecule has 1 saturated carbocycles. The van der Waals surface area contributed by atoms with Crippen LogP contribution in [-0.2, 0) is 30.9 Å². The zero-order valence-electron chi connectivity index (χ0n) is 39.8. The molecule has 3 heterocycles. The molecule has 2 aliphatic rings. The Hall–Kier alpha value is -4.41. The largest absolute Gasteiger partial charge is 0.500 e. The van der Waals surface area contributed by atoms with Crippen molar-refractivity contribution in [2.24, 2.45) is 5.41 Å². The van der Waals surface area contributed by atoms with E-state index in [0.29, 0.717) is 35.2 Å². The fourth-order valence-corrected chi connectivity index (χ4v) is 10.3. The number of hydrogen-bond donors (Lipinski definition) is 0. The van der Waals surface area contributed by atoms with Gasteiger partial charge in [0.2, 0.25) is 0 Å². The minimum Gasteiger partial charge on any atom is -0.500 e. The molecule has 0 unspecified atom stereocenters. The number of nitrogens with zero attached hydrogens (tertiary/aromatic N) is 2. The van der Waals surface area contributed by atoms with Crippen molar-refractivity contribution >= 4 is 56.7 Å². The third-order valence-corrected chi connectivity index (χ3v) is 15.8. The van der Waals surface area contributed by atoms with Gasteiger partial charge in [-0.2, -0.15) is 0 Å². The molecular weight excluding hydrogens is 913 g/mol. The molecule has 5 heteroatoms. The van der Waals surface area contributed by atoms with E-state index in [-0.39, 0.29) is 41.9 Å². The second-order valence-electron chi connectivity index (χ2n) is 19.5. The summed E-state index contributed by atoms with van der Waals surface area (Å²) >= 11 is 0. The second kappa shape index (κ2) is 14.9. The Morgan fingerprint density at radius 3 is 2.17 bits per heavy atom. The standard InChI is InChI=1S/C34H30NO.C20H26NSi.Ir/c1-21-20-35-30(19-29(21)23-15-17-34(2,3)18-16-23)28-10-6-9-26-27-14-13-24-12-11-22-7-4-5-8-25(22)31(24)33(27)36-32(26)28;1-19(2)16-11-9-8-10-15(16)18-17(20(19,3)4)12-14(13-21-18)22(5,6)7;/h4-9,11-14,19-20,23H,15-18H2,1-3H3;8-9,11-13H,1-7H3;/q2*-1;/i1D3,23D;;. The molecular formula is C54H56IrN2OSi-2. The van der Waals surface area contributed by atoms with Crippen LogP contribution in [0.25, 0.3) is 66.0 Å². The average molecular weight is 973 g/mol. The Kier molecular flexibility index (Phi) is 9.23. The van der Waals surface area contributed by atoms with Crippen molar-refractivity contribution in [1.29, 1.82) is 0 Å². The molecule has 0 aliphatic heterocycles. The van der Waals surface area contributed by atoms with Crippen LogP contribution in [0, 0.1) is 24.4 Å². The number of benzene rings is 5. The van der Waals surface area contributed by atoms with Gasteiger partial charge < -0.3 is 14.4 Å². The maximum atomic E-state index is 9.42. The summed E-state index contributed by atoms with van der Waals surface area (Å²) in [6, 6.07) is 38.0. The molecule has 0 saturated heterocycles. The van der Waals surface area contributed by atoms with Gasteiger partial charge in [-0.25, -0.2) is 0 Å².